The van der Waals surface area contributed by atoms with Crippen molar-refractivity contribution < 1.29 is 5.11 Å². The number of hydrogen-bond acceptors (Lipinski definition) is 4. The van der Waals surface area contributed by atoms with E-state index >= 15 is 0 Å². The molecule has 0 radical (unpaired) electrons. The molecule has 0 atom stereocenters. The highest BCUT2D eigenvalue weighted by molar-refractivity contribution is 5.49. The van der Waals surface area contributed by atoms with Crippen LogP contribution in [0.3, 0.4) is 0 Å². The summed E-state index contributed by atoms with van der Waals surface area (Å²) in [5.41, 5.74) is 1.54. The van der Waals surface area contributed by atoms with Gasteiger partial charge in [0, 0.05) is 12.1 Å². The molecule has 0 unspecified atom stereocenters. The lowest BCUT2D eigenvalue weighted by Gasteiger charge is -2.10. The number of aromatic nitrogens is 3. The third kappa shape index (κ3) is 1.99. The van der Waals surface area contributed by atoms with Crippen LogP contribution in [0.15, 0.2) is 11.0 Å². The summed E-state index contributed by atoms with van der Waals surface area (Å²) in [5.74, 6) is -0.131. The molecule has 18 heavy (non-hydrogen) atoms. The van der Waals surface area contributed by atoms with E-state index in [-0.39, 0.29) is 17.4 Å². The molecule has 98 valence electrons. The van der Waals surface area contributed by atoms with Crippen molar-refractivity contribution >= 4 is 5.65 Å². The Hall–Kier alpha value is -1.82. The van der Waals surface area contributed by atoms with Gasteiger partial charge in [-0.15, -0.1) is 0 Å². The maximum absolute atomic E-state index is 12.0. The van der Waals surface area contributed by atoms with Crippen molar-refractivity contribution in [3.8, 4) is 5.88 Å². The summed E-state index contributed by atoms with van der Waals surface area (Å²) in [7, 11) is 3.87. The predicted molar refractivity (Wildman–Crippen MR) is 69.0 cm³/mol. The van der Waals surface area contributed by atoms with Crippen LogP contribution in [0.5, 0.6) is 5.88 Å². The Labute approximate surface area is 105 Å². The van der Waals surface area contributed by atoms with E-state index < -0.39 is 0 Å². The van der Waals surface area contributed by atoms with Gasteiger partial charge in [0.15, 0.2) is 0 Å². The van der Waals surface area contributed by atoms with Crippen LogP contribution in [0.25, 0.3) is 5.65 Å². The van der Waals surface area contributed by atoms with Crippen molar-refractivity contribution in [1.82, 2.24) is 19.5 Å². The lowest BCUT2D eigenvalue weighted by atomic mass is 10.1. The van der Waals surface area contributed by atoms with E-state index in [0.29, 0.717) is 17.8 Å². The van der Waals surface area contributed by atoms with Gasteiger partial charge in [0.05, 0.1) is 11.8 Å². The van der Waals surface area contributed by atoms with E-state index in [0.717, 1.165) is 5.56 Å². The fourth-order valence-electron chi connectivity index (χ4n) is 2.04. The molecule has 2 N–H and O–H groups in total. The van der Waals surface area contributed by atoms with Gasteiger partial charge in [-0.1, -0.05) is 13.8 Å². The Morgan fingerprint density at radius 3 is 2.72 bits per heavy atom. The second-order valence-electron chi connectivity index (χ2n) is 5.01. The fraction of sp³-hybridized carbons (Fsp3) is 0.500. The van der Waals surface area contributed by atoms with E-state index in [1.807, 2.05) is 32.8 Å². The first-order chi connectivity index (χ1) is 8.41. The first-order valence-electron chi connectivity index (χ1n) is 5.88. The smallest absolute Gasteiger partial charge is 0.258 e. The van der Waals surface area contributed by atoms with E-state index in [1.165, 1.54) is 4.52 Å². The highest BCUT2D eigenvalue weighted by Gasteiger charge is 2.17. The molecule has 0 bridgehead atoms. The number of hydrogen-bond donors (Lipinski definition) is 2. The van der Waals surface area contributed by atoms with Gasteiger partial charge in [-0.2, -0.15) is 9.61 Å². The summed E-state index contributed by atoms with van der Waals surface area (Å²) in [6.07, 6.45) is 1.66. The first kappa shape index (κ1) is 12.6. The first-order valence-corrected chi connectivity index (χ1v) is 5.88. The van der Waals surface area contributed by atoms with Crippen molar-refractivity contribution in [2.24, 2.45) is 0 Å². The summed E-state index contributed by atoms with van der Waals surface area (Å²) in [6.45, 7) is 4.38. The largest absolute Gasteiger partial charge is 0.493 e. The highest BCUT2D eigenvalue weighted by Crippen LogP contribution is 2.22. The second-order valence-corrected chi connectivity index (χ2v) is 5.01. The van der Waals surface area contributed by atoms with Crippen molar-refractivity contribution in [2.45, 2.75) is 26.3 Å². The van der Waals surface area contributed by atoms with E-state index in [9.17, 15) is 9.90 Å². The van der Waals surface area contributed by atoms with Crippen LogP contribution >= 0.6 is 0 Å². The summed E-state index contributed by atoms with van der Waals surface area (Å²) in [5, 5.41) is 14.2. The van der Waals surface area contributed by atoms with Gasteiger partial charge < -0.3 is 15.0 Å². The third-order valence-corrected chi connectivity index (χ3v) is 2.83. The van der Waals surface area contributed by atoms with Gasteiger partial charge in [-0.25, -0.2) is 0 Å². The Kier molecular flexibility index (Phi) is 3.13. The monoisotopic (exact) mass is 250 g/mol. The molecular formula is C12H18N4O2. The standard InChI is InChI=1S/C12H18N4O2/c1-7(2)9-11(17)14-10-8(6-15(3)4)5-13-16(10)12(9)18/h5,7,18H,6H2,1-4H3,(H,14,17). The van der Waals surface area contributed by atoms with Gasteiger partial charge in [0.1, 0.15) is 5.65 Å². The number of nitrogens with one attached hydrogen (secondary N) is 1. The normalized spacial score (nSPS) is 11.9. The van der Waals surface area contributed by atoms with Crippen LogP contribution in [-0.2, 0) is 6.54 Å². The number of aromatic amines is 1. The fourth-order valence-corrected chi connectivity index (χ4v) is 2.04. The van der Waals surface area contributed by atoms with Crippen LogP contribution < -0.4 is 5.56 Å². The second kappa shape index (κ2) is 4.45. The minimum atomic E-state index is -0.254. The number of nitrogens with zero attached hydrogens (tertiary/aromatic N) is 3. The zero-order valence-corrected chi connectivity index (χ0v) is 11.1. The average molecular weight is 250 g/mol. The highest BCUT2D eigenvalue weighted by atomic mass is 16.3. The van der Waals surface area contributed by atoms with E-state index in [4.69, 9.17) is 0 Å². The zero-order chi connectivity index (χ0) is 13.4. The van der Waals surface area contributed by atoms with Crippen molar-refractivity contribution in [2.75, 3.05) is 14.1 Å². The maximum atomic E-state index is 12.0. The minimum absolute atomic E-state index is 0.0559. The lowest BCUT2D eigenvalue weighted by Crippen LogP contribution is -2.18. The van der Waals surface area contributed by atoms with Gasteiger partial charge in [0.25, 0.3) is 5.56 Å². The number of fused-ring (bicyclic) bond motifs is 1. The van der Waals surface area contributed by atoms with Gasteiger partial charge in [-0.3, -0.25) is 4.79 Å². The lowest BCUT2D eigenvalue weighted by molar-refractivity contribution is 0.403. The quantitative estimate of drug-likeness (QED) is 0.849. The van der Waals surface area contributed by atoms with Crippen molar-refractivity contribution in [3.63, 3.8) is 0 Å². The molecule has 0 aromatic carbocycles. The van der Waals surface area contributed by atoms with E-state index in [2.05, 4.69) is 10.1 Å². The maximum Gasteiger partial charge on any atom is 0.258 e. The Bertz CT molecular complexity index is 625. The SMILES string of the molecule is CC(C)c1c(O)n2ncc(CN(C)C)c2[nH]c1=O. The molecule has 6 nitrogen and oxygen atoms in total. The Morgan fingerprint density at radius 2 is 2.17 bits per heavy atom. The molecule has 0 spiro atoms. The topological polar surface area (TPSA) is 73.6 Å². The number of H-pyrrole nitrogens is 1. The van der Waals surface area contributed by atoms with Gasteiger partial charge >= 0.3 is 0 Å². The van der Waals surface area contributed by atoms with Crippen LogP contribution in [0.4, 0.5) is 0 Å². The molecule has 2 heterocycles. The summed E-state index contributed by atoms with van der Waals surface area (Å²) >= 11 is 0. The number of aromatic hydroxyl groups is 1. The molecule has 0 aliphatic heterocycles. The molecule has 0 saturated heterocycles. The molecule has 0 aliphatic rings. The molecule has 0 amide bonds. The van der Waals surface area contributed by atoms with Gasteiger partial charge in [-0.05, 0) is 20.0 Å². The minimum Gasteiger partial charge on any atom is -0.493 e. The summed E-state index contributed by atoms with van der Waals surface area (Å²) < 4.78 is 1.38. The molecular weight excluding hydrogens is 232 g/mol. The Morgan fingerprint density at radius 1 is 1.50 bits per heavy atom. The molecule has 2 rings (SSSR count). The molecule has 0 aliphatic carbocycles. The molecule has 6 heteroatoms. The average Bonchev–Trinajstić information content (AvgIpc) is 2.60. The van der Waals surface area contributed by atoms with Crippen LogP contribution in [0.2, 0.25) is 0 Å². The van der Waals surface area contributed by atoms with Crippen LogP contribution in [-0.4, -0.2) is 38.7 Å². The Balaban J connectivity index is 2.68. The van der Waals surface area contributed by atoms with Crippen LogP contribution in [0.1, 0.15) is 30.9 Å². The molecule has 0 saturated carbocycles. The zero-order valence-electron chi connectivity index (χ0n) is 11.1. The molecule has 2 aromatic rings. The van der Waals surface area contributed by atoms with Gasteiger partial charge in [0.2, 0.25) is 5.88 Å². The van der Waals surface area contributed by atoms with Crippen molar-refractivity contribution in [1.29, 1.82) is 0 Å². The van der Waals surface area contributed by atoms with E-state index in [1.54, 1.807) is 6.20 Å². The van der Waals surface area contributed by atoms with Crippen molar-refractivity contribution in [3.05, 3.63) is 27.7 Å². The molecule has 2 aromatic heterocycles. The third-order valence-electron chi connectivity index (χ3n) is 2.83. The van der Waals surface area contributed by atoms with Crippen LogP contribution in [0, 0.1) is 0 Å². The predicted octanol–water partition coefficient (Wildman–Crippen LogP) is 0.913. The summed E-state index contributed by atoms with van der Waals surface area (Å²) in [4.78, 5) is 16.7. The summed E-state index contributed by atoms with van der Waals surface area (Å²) in [6, 6.07) is 0. The molecule has 0 fully saturated rings. The number of rotatable bonds is 3.